The zero-order valence-electron chi connectivity index (χ0n) is 10.1. The van der Waals surface area contributed by atoms with E-state index in [2.05, 4.69) is 4.74 Å². The van der Waals surface area contributed by atoms with Crippen molar-refractivity contribution in [2.75, 3.05) is 0 Å². The molecule has 106 valence electrons. The summed E-state index contributed by atoms with van der Waals surface area (Å²) in [5.74, 6) is 0. The van der Waals surface area contributed by atoms with Gasteiger partial charge in [-0.15, -0.1) is 17.5 Å². The van der Waals surface area contributed by atoms with E-state index >= 15 is 0 Å². The predicted molar refractivity (Wildman–Crippen MR) is 56.1 cm³/mol. The summed E-state index contributed by atoms with van der Waals surface area (Å²) in [4.78, 5) is 11.4. The van der Waals surface area contributed by atoms with Crippen molar-refractivity contribution >= 4 is 16.1 Å². The number of alkyl halides is 3. The molecule has 0 heterocycles. The van der Waals surface area contributed by atoms with E-state index in [4.69, 9.17) is 0 Å². The molecule has 0 N–H and O–H groups in total. The highest BCUT2D eigenvalue weighted by Crippen LogP contribution is 2.37. The van der Waals surface area contributed by atoms with Crippen LogP contribution in [-0.2, 0) is 14.8 Å². The minimum absolute atomic E-state index is 0.123. The Balaban J connectivity index is 3.04. The molecule has 9 heteroatoms. The lowest BCUT2D eigenvalue weighted by molar-refractivity contribution is -0.201. The van der Waals surface area contributed by atoms with Crippen molar-refractivity contribution in [2.24, 2.45) is 0 Å². The second-order valence-corrected chi connectivity index (χ2v) is 7.02. The van der Waals surface area contributed by atoms with Crippen molar-refractivity contribution in [3.8, 4) is 0 Å². The number of hydrogen-bond donors (Lipinski definition) is 0. The monoisotopic (exact) mass is 289 g/mol. The number of carbonyl (C=O) groups excluding carboxylic acids is 1. The van der Waals surface area contributed by atoms with Crippen molar-refractivity contribution in [2.45, 2.75) is 50.8 Å². The van der Waals surface area contributed by atoms with Crippen LogP contribution in [0.1, 0.15) is 33.6 Å². The summed E-state index contributed by atoms with van der Waals surface area (Å²) in [6, 6.07) is 0. The smallest absolute Gasteiger partial charge is 0.443 e. The Morgan fingerprint density at radius 1 is 1.22 bits per heavy atom. The van der Waals surface area contributed by atoms with Crippen molar-refractivity contribution in [1.82, 2.24) is 4.31 Å². The molecule has 0 radical (unpaired) electrons. The molecule has 0 atom stereocenters. The first-order valence-corrected chi connectivity index (χ1v) is 6.70. The second-order valence-electron chi connectivity index (χ2n) is 4.96. The van der Waals surface area contributed by atoms with Gasteiger partial charge < -0.3 is 4.74 Å². The number of carbonyl (C=O) groups is 1. The molecule has 18 heavy (non-hydrogen) atoms. The Morgan fingerprint density at radius 3 is 1.94 bits per heavy atom. The summed E-state index contributed by atoms with van der Waals surface area (Å²) in [6.45, 7) is 4.05. The largest absolute Gasteiger partial charge is 0.503 e. The Hall–Kier alpha value is -0.990. The van der Waals surface area contributed by atoms with E-state index in [9.17, 15) is 26.4 Å². The van der Waals surface area contributed by atoms with E-state index in [1.807, 2.05) is 0 Å². The van der Waals surface area contributed by atoms with Gasteiger partial charge in [-0.05, 0) is 33.6 Å². The molecule has 1 aliphatic rings. The van der Waals surface area contributed by atoms with Crippen LogP contribution in [0.5, 0.6) is 0 Å². The molecule has 1 fully saturated rings. The third-order valence-electron chi connectivity index (χ3n) is 1.99. The van der Waals surface area contributed by atoms with E-state index in [1.54, 1.807) is 0 Å². The fourth-order valence-electron chi connectivity index (χ4n) is 1.17. The van der Waals surface area contributed by atoms with Gasteiger partial charge in [0.2, 0.25) is 10.0 Å². The standard InChI is InChI=1S/C9H14F3NO4S/c1-8(2,3)17-7(14)13(9(10,11)12)18(15,16)6-4-5-6/h6H,4-5H2,1-3H3. The minimum atomic E-state index is -5.32. The van der Waals surface area contributed by atoms with Crippen LogP contribution in [0.25, 0.3) is 0 Å². The van der Waals surface area contributed by atoms with E-state index in [0.29, 0.717) is 0 Å². The molecule has 5 nitrogen and oxygen atoms in total. The van der Waals surface area contributed by atoms with Crippen LogP contribution in [0.2, 0.25) is 0 Å². The molecule has 0 spiro atoms. The van der Waals surface area contributed by atoms with E-state index < -0.39 is 37.6 Å². The average molecular weight is 289 g/mol. The molecule has 0 aromatic rings. The van der Waals surface area contributed by atoms with Gasteiger partial charge in [-0.3, -0.25) is 0 Å². The van der Waals surface area contributed by atoms with Gasteiger partial charge >= 0.3 is 12.4 Å². The third kappa shape index (κ3) is 3.50. The topological polar surface area (TPSA) is 63.7 Å². The van der Waals surface area contributed by atoms with Crippen molar-refractivity contribution < 1.29 is 31.1 Å². The maximum atomic E-state index is 12.7. The average Bonchev–Trinajstić information content (AvgIpc) is 2.74. The number of sulfonamides is 1. The normalized spacial score (nSPS) is 17.4. The first-order valence-electron chi connectivity index (χ1n) is 5.19. The molecule has 0 aromatic carbocycles. The maximum Gasteiger partial charge on any atom is 0.503 e. The van der Waals surface area contributed by atoms with Crippen LogP contribution in [0, 0.1) is 0 Å². The fourth-order valence-corrected chi connectivity index (χ4v) is 2.73. The molecule has 1 aliphatic carbocycles. The molecule has 1 saturated carbocycles. The second kappa shape index (κ2) is 4.29. The molecule has 0 aliphatic heterocycles. The van der Waals surface area contributed by atoms with Gasteiger partial charge in [0.15, 0.2) is 0 Å². The predicted octanol–water partition coefficient (Wildman–Crippen LogP) is 2.24. The quantitative estimate of drug-likeness (QED) is 0.731. The summed E-state index contributed by atoms with van der Waals surface area (Å²) in [6.07, 6.45) is -6.99. The highest BCUT2D eigenvalue weighted by molar-refractivity contribution is 7.90. The number of halogens is 3. The van der Waals surface area contributed by atoms with Crippen LogP contribution in [0.4, 0.5) is 18.0 Å². The van der Waals surface area contributed by atoms with Crippen molar-refractivity contribution in [3.63, 3.8) is 0 Å². The first kappa shape index (κ1) is 15.1. The Labute approximate surface area is 103 Å². The van der Waals surface area contributed by atoms with Crippen molar-refractivity contribution in [3.05, 3.63) is 0 Å². The highest BCUT2D eigenvalue weighted by Gasteiger charge is 2.56. The van der Waals surface area contributed by atoms with Crippen LogP contribution in [-0.4, -0.2) is 36.0 Å². The molecule has 0 bridgehead atoms. The Morgan fingerprint density at radius 2 is 1.67 bits per heavy atom. The summed E-state index contributed by atoms with van der Waals surface area (Å²) in [5, 5.41) is -1.15. The minimum Gasteiger partial charge on any atom is -0.443 e. The molecular weight excluding hydrogens is 275 g/mol. The highest BCUT2D eigenvalue weighted by atomic mass is 32.2. The van der Waals surface area contributed by atoms with Gasteiger partial charge in [0.1, 0.15) is 5.60 Å². The maximum absolute atomic E-state index is 12.7. The number of rotatable bonds is 2. The number of ether oxygens (including phenoxy) is 1. The van der Waals surface area contributed by atoms with E-state index in [-0.39, 0.29) is 12.8 Å². The van der Waals surface area contributed by atoms with Gasteiger partial charge in [0.25, 0.3) is 0 Å². The van der Waals surface area contributed by atoms with Crippen LogP contribution in [0.15, 0.2) is 0 Å². The number of hydrogen-bond acceptors (Lipinski definition) is 4. The Bertz CT molecular complexity index is 434. The summed E-state index contributed by atoms with van der Waals surface area (Å²) in [7, 11) is -4.72. The van der Waals surface area contributed by atoms with Crippen LogP contribution >= 0.6 is 0 Å². The molecule has 0 aromatic heterocycles. The molecule has 0 saturated heterocycles. The lowest BCUT2D eigenvalue weighted by Gasteiger charge is -2.27. The Kier molecular flexibility index (Phi) is 3.59. The molecule has 0 unspecified atom stereocenters. The van der Waals surface area contributed by atoms with Gasteiger partial charge in [-0.1, -0.05) is 0 Å². The summed E-state index contributed by atoms with van der Waals surface area (Å²) < 4.78 is 64.5. The molecule has 1 amide bonds. The SMILES string of the molecule is CC(C)(C)OC(=O)N(C(F)(F)F)S(=O)(=O)C1CC1. The van der Waals surface area contributed by atoms with E-state index in [0.717, 1.165) is 0 Å². The lowest BCUT2D eigenvalue weighted by Crippen LogP contribution is -2.50. The first-order chi connectivity index (χ1) is 7.86. The zero-order chi connectivity index (χ0) is 14.4. The molecular formula is C9H14F3NO4S. The van der Waals surface area contributed by atoms with Crippen molar-refractivity contribution in [1.29, 1.82) is 0 Å². The van der Waals surface area contributed by atoms with Gasteiger partial charge in [0.05, 0.1) is 5.25 Å². The lowest BCUT2D eigenvalue weighted by atomic mass is 10.2. The van der Waals surface area contributed by atoms with Crippen LogP contribution < -0.4 is 0 Å². The summed E-state index contributed by atoms with van der Waals surface area (Å²) in [5.41, 5.74) is -1.21. The zero-order valence-corrected chi connectivity index (χ0v) is 10.9. The fraction of sp³-hybridized carbons (Fsp3) is 0.889. The molecule has 1 rings (SSSR count). The summed E-state index contributed by atoms with van der Waals surface area (Å²) >= 11 is 0. The van der Waals surface area contributed by atoms with Gasteiger partial charge in [-0.25, -0.2) is 13.2 Å². The van der Waals surface area contributed by atoms with Gasteiger partial charge in [0, 0.05) is 0 Å². The van der Waals surface area contributed by atoms with Crippen LogP contribution in [0.3, 0.4) is 0 Å². The van der Waals surface area contributed by atoms with Gasteiger partial charge in [-0.2, -0.15) is 0 Å². The third-order valence-corrected chi connectivity index (χ3v) is 4.17. The number of amides is 1. The number of nitrogens with zero attached hydrogens (tertiary/aromatic N) is 1. The van der Waals surface area contributed by atoms with E-state index in [1.165, 1.54) is 20.8 Å².